The summed E-state index contributed by atoms with van der Waals surface area (Å²) in [6.45, 7) is 0. The number of aliphatic hydroxyl groups excluding tert-OH is 2. The second kappa shape index (κ2) is 7.07. The highest BCUT2D eigenvalue weighted by Crippen LogP contribution is 2.23. The molecule has 0 unspecified atom stereocenters. The third-order valence-electron chi connectivity index (χ3n) is 3.32. The minimum absolute atomic E-state index is 0.441. The lowest BCUT2D eigenvalue weighted by Crippen LogP contribution is -2.01. The smallest absolute Gasteiger partial charge is 0.0790 e. The number of benzene rings is 2. The molecule has 2 heteroatoms. The van der Waals surface area contributed by atoms with E-state index in [0.29, 0.717) is 12.8 Å². The summed E-state index contributed by atoms with van der Waals surface area (Å²) in [6, 6.07) is 19.3. The Morgan fingerprint density at radius 3 is 1.37 bits per heavy atom. The molecule has 0 spiro atoms. The summed E-state index contributed by atoms with van der Waals surface area (Å²) in [5.74, 6) is 0. The predicted molar refractivity (Wildman–Crippen MR) is 76.7 cm³/mol. The van der Waals surface area contributed by atoms with Gasteiger partial charge in [0, 0.05) is 0 Å². The lowest BCUT2D eigenvalue weighted by molar-refractivity contribution is 0.135. The zero-order valence-electron chi connectivity index (χ0n) is 10.9. The van der Waals surface area contributed by atoms with Gasteiger partial charge in [0.25, 0.3) is 0 Å². The molecule has 100 valence electrons. The molecule has 2 aromatic rings. The van der Waals surface area contributed by atoms with Crippen LogP contribution < -0.4 is 0 Å². The molecule has 2 atom stereocenters. The van der Waals surface area contributed by atoms with E-state index in [0.717, 1.165) is 17.5 Å². The van der Waals surface area contributed by atoms with Crippen molar-refractivity contribution in [2.24, 2.45) is 0 Å². The van der Waals surface area contributed by atoms with Crippen molar-refractivity contribution in [3.05, 3.63) is 71.8 Å². The normalized spacial score (nSPS) is 14.0. The lowest BCUT2D eigenvalue weighted by Gasteiger charge is -2.13. The largest absolute Gasteiger partial charge is 0.388 e. The minimum Gasteiger partial charge on any atom is -0.388 e. The van der Waals surface area contributed by atoms with Gasteiger partial charge in [-0.25, -0.2) is 0 Å². The van der Waals surface area contributed by atoms with Crippen molar-refractivity contribution in [3.8, 4) is 0 Å². The van der Waals surface area contributed by atoms with Crippen molar-refractivity contribution in [1.29, 1.82) is 0 Å². The molecule has 2 rings (SSSR count). The molecule has 0 aliphatic rings. The minimum atomic E-state index is -0.441. The topological polar surface area (TPSA) is 40.5 Å². The average molecular weight is 256 g/mol. The Labute approximate surface area is 114 Å². The van der Waals surface area contributed by atoms with Crippen molar-refractivity contribution in [2.45, 2.75) is 31.5 Å². The van der Waals surface area contributed by atoms with Crippen LogP contribution in [0.4, 0.5) is 0 Å². The summed E-state index contributed by atoms with van der Waals surface area (Å²) >= 11 is 0. The van der Waals surface area contributed by atoms with Gasteiger partial charge in [-0.3, -0.25) is 0 Å². The predicted octanol–water partition coefficient (Wildman–Crippen LogP) is 3.62. The number of rotatable bonds is 6. The van der Waals surface area contributed by atoms with E-state index >= 15 is 0 Å². The number of aliphatic hydroxyl groups is 2. The fourth-order valence-electron chi connectivity index (χ4n) is 2.19. The quantitative estimate of drug-likeness (QED) is 0.828. The lowest BCUT2D eigenvalue weighted by atomic mass is 10.00. The third-order valence-corrected chi connectivity index (χ3v) is 3.32. The maximum atomic E-state index is 10.0. The molecule has 0 saturated carbocycles. The van der Waals surface area contributed by atoms with Crippen molar-refractivity contribution in [2.75, 3.05) is 0 Å². The van der Waals surface area contributed by atoms with Crippen molar-refractivity contribution < 1.29 is 10.2 Å². The van der Waals surface area contributed by atoms with Crippen LogP contribution in [0.25, 0.3) is 0 Å². The summed E-state index contributed by atoms with van der Waals surface area (Å²) in [5.41, 5.74) is 1.88. The Balaban J connectivity index is 1.78. The van der Waals surface area contributed by atoms with Crippen LogP contribution >= 0.6 is 0 Å². The molecule has 2 nitrogen and oxygen atoms in total. The average Bonchev–Trinajstić information content (AvgIpc) is 2.49. The zero-order valence-corrected chi connectivity index (χ0v) is 10.9. The second-order valence-corrected chi connectivity index (χ2v) is 4.78. The van der Waals surface area contributed by atoms with Crippen LogP contribution in [-0.2, 0) is 0 Å². The Bertz CT molecular complexity index is 422. The summed E-state index contributed by atoms with van der Waals surface area (Å²) in [4.78, 5) is 0. The van der Waals surface area contributed by atoms with Crippen molar-refractivity contribution in [3.63, 3.8) is 0 Å². The zero-order chi connectivity index (χ0) is 13.5. The second-order valence-electron chi connectivity index (χ2n) is 4.78. The summed E-state index contributed by atoms with van der Waals surface area (Å²) < 4.78 is 0. The van der Waals surface area contributed by atoms with E-state index in [-0.39, 0.29) is 0 Å². The van der Waals surface area contributed by atoms with Crippen LogP contribution in [0.1, 0.15) is 42.6 Å². The Kier molecular flexibility index (Phi) is 5.13. The summed E-state index contributed by atoms with van der Waals surface area (Å²) in [5, 5.41) is 20.0. The van der Waals surface area contributed by atoms with E-state index in [1.165, 1.54) is 0 Å². The summed E-state index contributed by atoms with van der Waals surface area (Å²) in [6.07, 6.45) is 1.27. The van der Waals surface area contributed by atoms with Gasteiger partial charge in [0.1, 0.15) is 0 Å². The van der Waals surface area contributed by atoms with Crippen molar-refractivity contribution in [1.82, 2.24) is 0 Å². The SMILES string of the molecule is O[C@H](CCC[C@@H](O)c1ccccc1)c1ccccc1. The van der Waals surface area contributed by atoms with Gasteiger partial charge in [-0.15, -0.1) is 0 Å². The molecule has 0 heterocycles. The van der Waals surface area contributed by atoms with Crippen LogP contribution in [0.2, 0.25) is 0 Å². The Hall–Kier alpha value is -1.64. The molecular weight excluding hydrogens is 236 g/mol. The van der Waals surface area contributed by atoms with E-state index in [1.807, 2.05) is 60.7 Å². The molecule has 0 radical (unpaired) electrons. The van der Waals surface area contributed by atoms with E-state index in [4.69, 9.17) is 0 Å². The van der Waals surface area contributed by atoms with Gasteiger partial charge >= 0.3 is 0 Å². The maximum absolute atomic E-state index is 10.0. The van der Waals surface area contributed by atoms with Crippen LogP contribution in [0, 0.1) is 0 Å². The van der Waals surface area contributed by atoms with E-state index in [9.17, 15) is 10.2 Å². The van der Waals surface area contributed by atoms with Gasteiger partial charge in [0.05, 0.1) is 12.2 Å². The van der Waals surface area contributed by atoms with Gasteiger partial charge in [-0.1, -0.05) is 60.7 Å². The highest BCUT2D eigenvalue weighted by Gasteiger charge is 2.10. The first-order chi connectivity index (χ1) is 9.27. The van der Waals surface area contributed by atoms with E-state index < -0.39 is 12.2 Å². The first-order valence-electron chi connectivity index (χ1n) is 6.73. The summed E-state index contributed by atoms with van der Waals surface area (Å²) in [7, 11) is 0. The van der Waals surface area contributed by atoms with Gasteiger partial charge in [0.15, 0.2) is 0 Å². The van der Waals surface area contributed by atoms with Gasteiger partial charge in [-0.05, 0) is 30.4 Å². The van der Waals surface area contributed by atoms with E-state index in [2.05, 4.69) is 0 Å². The molecule has 0 fully saturated rings. The fraction of sp³-hybridized carbons (Fsp3) is 0.294. The van der Waals surface area contributed by atoms with Gasteiger partial charge in [0.2, 0.25) is 0 Å². The van der Waals surface area contributed by atoms with Crippen LogP contribution in [0.15, 0.2) is 60.7 Å². The molecule has 0 aliphatic carbocycles. The van der Waals surface area contributed by atoms with Crippen LogP contribution in [0.5, 0.6) is 0 Å². The first-order valence-corrected chi connectivity index (χ1v) is 6.73. The number of hydrogen-bond acceptors (Lipinski definition) is 2. The first kappa shape index (κ1) is 13.8. The van der Waals surface area contributed by atoms with Gasteiger partial charge < -0.3 is 10.2 Å². The molecule has 19 heavy (non-hydrogen) atoms. The molecular formula is C17H20O2. The third kappa shape index (κ3) is 4.19. The fourth-order valence-corrected chi connectivity index (χ4v) is 2.19. The molecule has 2 aromatic carbocycles. The molecule has 2 N–H and O–H groups in total. The Morgan fingerprint density at radius 1 is 0.632 bits per heavy atom. The van der Waals surface area contributed by atoms with Crippen LogP contribution in [0.3, 0.4) is 0 Å². The van der Waals surface area contributed by atoms with Crippen LogP contribution in [-0.4, -0.2) is 10.2 Å². The molecule has 0 bridgehead atoms. The highest BCUT2D eigenvalue weighted by atomic mass is 16.3. The number of hydrogen-bond donors (Lipinski definition) is 2. The van der Waals surface area contributed by atoms with E-state index in [1.54, 1.807) is 0 Å². The molecule has 0 saturated heterocycles. The van der Waals surface area contributed by atoms with Crippen molar-refractivity contribution >= 4 is 0 Å². The monoisotopic (exact) mass is 256 g/mol. The highest BCUT2D eigenvalue weighted by molar-refractivity contribution is 5.18. The molecule has 0 aliphatic heterocycles. The maximum Gasteiger partial charge on any atom is 0.0790 e. The van der Waals surface area contributed by atoms with Gasteiger partial charge in [-0.2, -0.15) is 0 Å². The molecule has 0 aromatic heterocycles. The standard InChI is InChI=1S/C17H20O2/c18-16(14-8-3-1-4-9-14)12-7-13-17(19)15-10-5-2-6-11-15/h1-6,8-11,16-19H,7,12-13H2/t16-,17-/m1/s1. The Morgan fingerprint density at radius 2 is 1.00 bits per heavy atom. The molecule has 0 amide bonds.